The fourth-order valence-corrected chi connectivity index (χ4v) is 4.49. The van der Waals surface area contributed by atoms with Crippen molar-refractivity contribution in [1.29, 1.82) is 0 Å². The molecule has 10 heteroatoms. The van der Waals surface area contributed by atoms with Crippen LogP contribution in [-0.2, 0) is 12.0 Å². The highest BCUT2D eigenvalue weighted by molar-refractivity contribution is 5.64. The summed E-state index contributed by atoms with van der Waals surface area (Å²) in [7, 11) is 1.54. The fourth-order valence-electron chi connectivity index (χ4n) is 4.49. The first-order valence-corrected chi connectivity index (χ1v) is 10.8. The van der Waals surface area contributed by atoms with Gasteiger partial charge in [0.1, 0.15) is 29.2 Å². The molecular formula is C24H24F2N6O2. The van der Waals surface area contributed by atoms with E-state index in [-0.39, 0.29) is 23.0 Å². The summed E-state index contributed by atoms with van der Waals surface area (Å²) in [6.07, 6.45) is 1.82. The zero-order valence-corrected chi connectivity index (χ0v) is 18.6. The van der Waals surface area contributed by atoms with Gasteiger partial charge in [0.15, 0.2) is 5.60 Å². The zero-order valence-electron chi connectivity index (χ0n) is 18.6. The molecule has 0 unspecified atom stereocenters. The molecule has 5 rings (SSSR count). The molecule has 0 radical (unpaired) electrons. The second-order valence-electron chi connectivity index (χ2n) is 7.95. The number of fused-ring (bicyclic) bond motifs is 1. The van der Waals surface area contributed by atoms with Gasteiger partial charge in [-0.25, -0.2) is 24.1 Å². The maximum absolute atomic E-state index is 15.1. The van der Waals surface area contributed by atoms with E-state index in [9.17, 15) is 5.11 Å². The number of aromatic nitrogens is 2. The molecule has 34 heavy (non-hydrogen) atoms. The number of aryl methyl sites for hydroxylation is 1. The molecule has 2 aromatic carbocycles. The first-order chi connectivity index (χ1) is 16.5. The first-order valence-electron chi connectivity index (χ1n) is 10.8. The highest BCUT2D eigenvalue weighted by Crippen LogP contribution is 2.42. The Morgan fingerprint density at radius 1 is 1.03 bits per heavy atom. The average molecular weight is 466 g/mol. The lowest BCUT2D eigenvalue weighted by molar-refractivity contribution is 0.111. The Morgan fingerprint density at radius 3 is 2.15 bits per heavy atom. The van der Waals surface area contributed by atoms with E-state index >= 15 is 8.78 Å². The third-order valence-electron chi connectivity index (χ3n) is 6.12. The van der Waals surface area contributed by atoms with Gasteiger partial charge in [0.25, 0.3) is 0 Å². The number of nitrogens with zero attached hydrogens (tertiary/aromatic N) is 2. The van der Waals surface area contributed by atoms with E-state index in [0.717, 1.165) is 5.56 Å². The van der Waals surface area contributed by atoms with Crippen molar-refractivity contribution in [2.45, 2.75) is 25.1 Å². The van der Waals surface area contributed by atoms with E-state index in [0.29, 0.717) is 23.3 Å². The standard InChI is InChI=1S/C24H24F2N6O2/c1-3-14-20-12-15(23-27-30-31-28-23)21(34-2)13-32(20)29-22(14)24(33,16-8-4-6-10-18(16)25)17-9-5-7-11-19(17)26/h4-13,23,27-28,30-31,33H,3H2,1-2H3. The van der Waals surface area contributed by atoms with Gasteiger partial charge < -0.3 is 9.84 Å². The number of methoxy groups -OCH3 is 1. The van der Waals surface area contributed by atoms with Crippen LogP contribution in [0, 0.1) is 11.6 Å². The topological polar surface area (TPSA) is 94.9 Å². The van der Waals surface area contributed by atoms with Crippen molar-refractivity contribution in [3.05, 3.63) is 100 Å². The van der Waals surface area contributed by atoms with Crippen LogP contribution in [0.5, 0.6) is 5.75 Å². The molecule has 5 N–H and O–H groups in total. The molecule has 0 spiro atoms. The molecule has 0 amide bonds. The second-order valence-corrected chi connectivity index (χ2v) is 7.95. The number of benzene rings is 2. The van der Waals surface area contributed by atoms with Crippen molar-refractivity contribution in [2.24, 2.45) is 0 Å². The van der Waals surface area contributed by atoms with Crippen LogP contribution in [0.3, 0.4) is 0 Å². The van der Waals surface area contributed by atoms with Crippen LogP contribution in [0.4, 0.5) is 8.78 Å². The molecule has 1 aliphatic heterocycles. The summed E-state index contributed by atoms with van der Waals surface area (Å²) in [5.74, 6) is -0.802. The van der Waals surface area contributed by atoms with Crippen molar-refractivity contribution in [1.82, 2.24) is 31.5 Å². The molecular weight excluding hydrogens is 442 g/mol. The summed E-state index contributed by atoms with van der Waals surface area (Å²) in [6.45, 7) is 1.91. The fraction of sp³-hybridized carbons (Fsp3) is 0.208. The minimum absolute atomic E-state index is 0.0853. The van der Waals surface area contributed by atoms with Gasteiger partial charge in [0, 0.05) is 22.3 Å². The van der Waals surface area contributed by atoms with Crippen molar-refractivity contribution in [2.75, 3.05) is 7.11 Å². The third kappa shape index (κ3) is 3.44. The van der Waals surface area contributed by atoms with Crippen LogP contribution in [0.15, 0.2) is 60.8 Å². The van der Waals surface area contributed by atoms with Crippen LogP contribution in [-0.4, -0.2) is 21.8 Å². The number of hydrogen-bond acceptors (Lipinski definition) is 7. The number of hydrazine groups is 3. The zero-order chi connectivity index (χ0) is 23.9. The van der Waals surface area contributed by atoms with Crippen molar-refractivity contribution in [3.63, 3.8) is 0 Å². The van der Waals surface area contributed by atoms with Crippen LogP contribution in [0.25, 0.3) is 5.52 Å². The Hall–Kier alpha value is -3.41. The number of rotatable bonds is 6. The monoisotopic (exact) mass is 466 g/mol. The van der Waals surface area contributed by atoms with E-state index in [2.05, 4.69) is 27.0 Å². The SMILES string of the molecule is CCc1c(C(O)(c2ccccc2F)c2ccccc2F)nn2cc(OC)c(C3NNNN3)cc12. The largest absolute Gasteiger partial charge is 0.495 e. The summed E-state index contributed by atoms with van der Waals surface area (Å²) in [4.78, 5) is 0. The maximum atomic E-state index is 15.1. The van der Waals surface area contributed by atoms with Gasteiger partial charge in [-0.05, 0) is 24.6 Å². The molecule has 1 saturated heterocycles. The highest BCUT2D eigenvalue weighted by atomic mass is 19.1. The Morgan fingerprint density at radius 2 is 1.62 bits per heavy atom. The summed E-state index contributed by atoms with van der Waals surface area (Å²) in [5, 5.41) is 16.8. The number of aliphatic hydroxyl groups is 1. The molecule has 0 bridgehead atoms. The smallest absolute Gasteiger partial charge is 0.165 e. The molecule has 3 heterocycles. The quantitative estimate of drug-likeness (QED) is 0.298. The summed E-state index contributed by atoms with van der Waals surface area (Å²) >= 11 is 0. The predicted octanol–water partition coefficient (Wildman–Crippen LogP) is 2.58. The molecule has 8 nitrogen and oxygen atoms in total. The highest BCUT2D eigenvalue weighted by Gasteiger charge is 2.43. The Kier molecular flexibility index (Phi) is 5.76. The van der Waals surface area contributed by atoms with Crippen molar-refractivity contribution in [3.8, 4) is 5.75 Å². The summed E-state index contributed by atoms with van der Waals surface area (Å²) in [6, 6.07) is 13.5. The van der Waals surface area contributed by atoms with E-state index in [1.807, 2.05) is 13.0 Å². The predicted molar refractivity (Wildman–Crippen MR) is 121 cm³/mol. The number of nitrogens with one attached hydrogen (secondary N) is 4. The number of ether oxygens (including phenoxy) is 1. The molecule has 176 valence electrons. The van der Waals surface area contributed by atoms with Crippen molar-refractivity contribution >= 4 is 5.52 Å². The van der Waals surface area contributed by atoms with E-state index in [1.165, 1.54) is 36.4 Å². The van der Waals surface area contributed by atoms with E-state index < -0.39 is 17.2 Å². The van der Waals surface area contributed by atoms with Gasteiger partial charge >= 0.3 is 0 Å². The van der Waals surface area contributed by atoms with E-state index in [4.69, 9.17) is 4.74 Å². The van der Waals surface area contributed by atoms with Gasteiger partial charge in [-0.1, -0.05) is 43.3 Å². The Labute approximate surface area is 194 Å². The van der Waals surface area contributed by atoms with Crippen molar-refractivity contribution < 1.29 is 18.6 Å². The second kappa shape index (κ2) is 8.75. The molecule has 2 aromatic heterocycles. The number of pyridine rings is 1. The molecule has 0 saturated carbocycles. The molecule has 4 aromatic rings. The molecule has 1 fully saturated rings. The van der Waals surface area contributed by atoms with Gasteiger partial charge in [-0.3, -0.25) is 0 Å². The Balaban J connectivity index is 1.82. The third-order valence-corrected chi connectivity index (χ3v) is 6.12. The Bertz CT molecular complexity index is 1310. The lowest BCUT2D eigenvalue weighted by atomic mass is 9.80. The first kappa shape index (κ1) is 22.4. The normalized spacial score (nSPS) is 14.7. The molecule has 0 aliphatic carbocycles. The van der Waals surface area contributed by atoms with Gasteiger partial charge in [0.2, 0.25) is 0 Å². The summed E-state index contributed by atoms with van der Waals surface area (Å²) < 4.78 is 37.3. The average Bonchev–Trinajstić information content (AvgIpc) is 3.51. The van der Waals surface area contributed by atoms with Crippen LogP contribution in [0.2, 0.25) is 0 Å². The van der Waals surface area contributed by atoms with Gasteiger partial charge in [0.05, 0.1) is 18.8 Å². The van der Waals surface area contributed by atoms with Crippen LogP contribution in [0.1, 0.15) is 41.0 Å². The minimum atomic E-state index is -2.17. The van der Waals surface area contributed by atoms with E-state index in [1.54, 1.807) is 30.0 Å². The lowest BCUT2D eigenvalue weighted by Crippen LogP contribution is -2.33. The summed E-state index contributed by atoms with van der Waals surface area (Å²) in [5.41, 5.74) is 11.5. The minimum Gasteiger partial charge on any atom is -0.495 e. The molecule has 0 atom stereocenters. The van der Waals surface area contributed by atoms with Crippen LogP contribution >= 0.6 is 0 Å². The maximum Gasteiger partial charge on any atom is 0.165 e. The number of halogens is 2. The van der Waals surface area contributed by atoms with Crippen LogP contribution < -0.4 is 26.7 Å². The van der Waals surface area contributed by atoms with Gasteiger partial charge in [-0.15, -0.1) is 0 Å². The lowest BCUT2D eigenvalue weighted by Gasteiger charge is -2.29. The van der Waals surface area contributed by atoms with Gasteiger partial charge in [-0.2, -0.15) is 16.2 Å². The molecule has 1 aliphatic rings. The number of hydrogen-bond donors (Lipinski definition) is 5.